The molecule has 3 N–H and O–H groups in total. The van der Waals surface area contributed by atoms with Crippen molar-refractivity contribution < 1.29 is 14.6 Å². The molecule has 0 bridgehead atoms. The molecule has 0 aromatic carbocycles. The highest BCUT2D eigenvalue weighted by molar-refractivity contribution is 9.10. The van der Waals surface area contributed by atoms with Gasteiger partial charge in [-0.2, -0.15) is 5.26 Å². The average molecular weight is 312 g/mol. The maximum absolute atomic E-state index is 9.25. The zero-order valence-corrected chi connectivity index (χ0v) is 10.8. The van der Waals surface area contributed by atoms with Gasteiger partial charge >= 0.3 is 0 Å². The van der Waals surface area contributed by atoms with E-state index in [0.717, 1.165) is 5.39 Å². The summed E-state index contributed by atoms with van der Waals surface area (Å²) in [6.45, 7) is -0.145. The van der Waals surface area contributed by atoms with Crippen LogP contribution >= 0.6 is 15.9 Å². The monoisotopic (exact) mass is 311 g/mol. The first-order valence-electron chi connectivity index (χ1n) is 5.16. The molecule has 0 aliphatic carbocycles. The lowest BCUT2D eigenvalue weighted by Gasteiger charge is -2.10. The summed E-state index contributed by atoms with van der Waals surface area (Å²) >= 11 is 3.36. The largest absolute Gasteiger partial charge is 0.444 e. The van der Waals surface area contributed by atoms with Crippen molar-refractivity contribution in [3.8, 4) is 6.07 Å². The first-order chi connectivity index (χ1) is 8.65. The Hall–Kier alpha value is -1.62. The van der Waals surface area contributed by atoms with E-state index in [1.54, 1.807) is 6.07 Å². The van der Waals surface area contributed by atoms with Crippen molar-refractivity contribution >= 4 is 32.7 Å². The third-order valence-corrected chi connectivity index (χ3v) is 3.14. The van der Waals surface area contributed by atoms with E-state index < -0.39 is 6.10 Å². The summed E-state index contributed by atoms with van der Waals surface area (Å²) in [5.74, 6) is 0.723. The van der Waals surface area contributed by atoms with E-state index >= 15 is 0 Å². The molecule has 2 aromatic rings. The molecule has 94 valence electrons. The van der Waals surface area contributed by atoms with Crippen molar-refractivity contribution in [2.45, 2.75) is 6.10 Å². The van der Waals surface area contributed by atoms with Gasteiger partial charge in [-0.1, -0.05) is 0 Å². The fourth-order valence-electron chi connectivity index (χ4n) is 1.44. The third kappa shape index (κ3) is 2.46. The van der Waals surface area contributed by atoms with Crippen LogP contribution in [0.4, 0.5) is 5.82 Å². The average Bonchev–Trinajstić information content (AvgIpc) is 2.81. The summed E-state index contributed by atoms with van der Waals surface area (Å²) in [5, 5.41) is 30.3. The minimum atomic E-state index is -0.853. The molecule has 0 aliphatic heterocycles. The van der Waals surface area contributed by atoms with Crippen LogP contribution in [0.2, 0.25) is 0 Å². The molecule has 2 rings (SSSR count). The second kappa shape index (κ2) is 5.35. The number of rotatable bonds is 4. The number of pyridine rings is 1. The smallest absolute Gasteiger partial charge is 0.204 e. The number of nitrogens with zero attached hydrogens (tertiary/aromatic N) is 2. The Labute approximate surface area is 111 Å². The number of furan rings is 1. The molecule has 7 heteroatoms. The van der Waals surface area contributed by atoms with E-state index in [9.17, 15) is 5.11 Å². The highest BCUT2D eigenvalue weighted by Gasteiger charge is 2.12. The summed E-state index contributed by atoms with van der Waals surface area (Å²) in [4.78, 5) is 4.11. The molecule has 0 fully saturated rings. The number of nitriles is 1. The maximum atomic E-state index is 9.25. The number of anilines is 1. The second-order valence-electron chi connectivity index (χ2n) is 3.64. The minimum absolute atomic E-state index is 0.177. The number of aliphatic hydroxyl groups is 2. The second-order valence-corrected chi connectivity index (χ2v) is 4.43. The van der Waals surface area contributed by atoms with E-state index in [4.69, 9.17) is 14.8 Å². The molecule has 18 heavy (non-hydrogen) atoms. The molecule has 6 nitrogen and oxygen atoms in total. The number of hydrogen-bond donors (Lipinski definition) is 3. The Balaban J connectivity index is 2.30. The first-order valence-corrected chi connectivity index (χ1v) is 5.96. The van der Waals surface area contributed by atoms with Gasteiger partial charge in [-0.15, -0.1) is 0 Å². The van der Waals surface area contributed by atoms with Gasteiger partial charge < -0.3 is 19.9 Å². The molecule has 1 unspecified atom stereocenters. The summed E-state index contributed by atoms with van der Waals surface area (Å²) < 4.78 is 5.88. The normalized spacial score (nSPS) is 12.3. The van der Waals surface area contributed by atoms with Crippen LogP contribution in [0, 0.1) is 11.3 Å². The predicted octanol–water partition coefficient (Wildman–Crippen LogP) is 1.23. The molecular weight excluding hydrogens is 302 g/mol. The summed E-state index contributed by atoms with van der Waals surface area (Å²) in [7, 11) is 0. The van der Waals surface area contributed by atoms with Gasteiger partial charge in [0, 0.05) is 18.0 Å². The molecule has 0 saturated carbocycles. The van der Waals surface area contributed by atoms with Crippen LogP contribution in [-0.2, 0) is 0 Å². The standard InChI is InChI=1S/C11H10BrN3O3/c12-10-8-1-7(2-13)18-9(8)4-15-11(10)14-3-6(17)5-16/h1,4,6,16-17H,3,5H2,(H,14,15). The molecule has 2 aromatic heterocycles. The summed E-state index contributed by atoms with van der Waals surface area (Å²) in [6, 6.07) is 3.52. The number of aromatic nitrogens is 1. The van der Waals surface area contributed by atoms with Gasteiger partial charge in [-0.25, -0.2) is 4.98 Å². The number of fused-ring (bicyclic) bond motifs is 1. The zero-order chi connectivity index (χ0) is 13.1. The third-order valence-electron chi connectivity index (χ3n) is 2.34. The van der Waals surface area contributed by atoms with Crippen molar-refractivity contribution in [1.82, 2.24) is 4.98 Å². The van der Waals surface area contributed by atoms with E-state index in [2.05, 4.69) is 26.2 Å². The van der Waals surface area contributed by atoms with Crippen LogP contribution in [0.3, 0.4) is 0 Å². The Morgan fingerprint density at radius 1 is 1.61 bits per heavy atom. The lowest BCUT2D eigenvalue weighted by atomic mass is 10.3. The fraction of sp³-hybridized carbons (Fsp3) is 0.273. The van der Waals surface area contributed by atoms with E-state index in [0.29, 0.717) is 15.9 Å². The number of hydrogen-bond acceptors (Lipinski definition) is 6. The van der Waals surface area contributed by atoms with E-state index in [-0.39, 0.29) is 18.9 Å². The first kappa shape index (κ1) is 12.8. The Kier molecular flexibility index (Phi) is 3.81. The number of aliphatic hydroxyl groups excluding tert-OH is 2. The van der Waals surface area contributed by atoms with Gasteiger partial charge in [0.2, 0.25) is 5.76 Å². The quantitative estimate of drug-likeness (QED) is 0.785. The van der Waals surface area contributed by atoms with Gasteiger partial charge in [0.05, 0.1) is 23.4 Å². The lowest BCUT2D eigenvalue weighted by Crippen LogP contribution is -2.23. The minimum Gasteiger partial charge on any atom is -0.444 e. The molecule has 0 aliphatic rings. The van der Waals surface area contributed by atoms with Crippen LogP contribution in [0.15, 0.2) is 21.2 Å². The lowest BCUT2D eigenvalue weighted by molar-refractivity contribution is 0.105. The maximum Gasteiger partial charge on any atom is 0.204 e. The molecule has 0 spiro atoms. The van der Waals surface area contributed by atoms with Crippen molar-refractivity contribution in [3.05, 3.63) is 22.5 Å². The Bertz CT molecular complexity index is 605. The van der Waals surface area contributed by atoms with Crippen LogP contribution in [-0.4, -0.2) is 34.5 Å². The Morgan fingerprint density at radius 3 is 3.06 bits per heavy atom. The van der Waals surface area contributed by atoms with Gasteiger partial charge in [0.1, 0.15) is 11.9 Å². The zero-order valence-electron chi connectivity index (χ0n) is 9.22. The molecule has 1 atom stereocenters. The van der Waals surface area contributed by atoms with Gasteiger partial charge in [-0.3, -0.25) is 0 Å². The van der Waals surface area contributed by atoms with E-state index in [1.807, 2.05) is 6.07 Å². The SMILES string of the molecule is N#Cc1cc2c(Br)c(NCC(O)CO)ncc2o1. The van der Waals surface area contributed by atoms with Crippen LogP contribution in [0.5, 0.6) is 0 Å². The summed E-state index contributed by atoms with van der Waals surface area (Å²) in [6.07, 6.45) is 0.641. The molecule has 0 radical (unpaired) electrons. The van der Waals surface area contributed by atoms with Crippen molar-refractivity contribution in [2.24, 2.45) is 0 Å². The van der Waals surface area contributed by atoms with Crippen molar-refractivity contribution in [3.63, 3.8) is 0 Å². The Morgan fingerprint density at radius 2 is 2.39 bits per heavy atom. The molecule has 2 heterocycles. The molecular formula is C11H10BrN3O3. The fourth-order valence-corrected chi connectivity index (χ4v) is 1.99. The van der Waals surface area contributed by atoms with Crippen molar-refractivity contribution in [2.75, 3.05) is 18.5 Å². The highest BCUT2D eigenvalue weighted by Crippen LogP contribution is 2.31. The van der Waals surface area contributed by atoms with Crippen LogP contribution < -0.4 is 5.32 Å². The van der Waals surface area contributed by atoms with Crippen LogP contribution in [0.25, 0.3) is 11.0 Å². The summed E-state index contributed by atoms with van der Waals surface area (Å²) in [5.41, 5.74) is 0.506. The molecule has 0 saturated heterocycles. The van der Waals surface area contributed by atoms with E-state index in [1.165, 1.54) is 6.20 Å². The molecule has 0 amide bonds. The van der Waals surface area contributed by atoms with Gasteiger partial charge in [0.15, 0.2) is 5.58 Å². The van der Waals surface area contributed by atoms with Crippen molar-refractivity contribution in [1.29, 1.82) is 5.26 Å². The number of nitrogens with one attached hydrogen (secondary N) is 1. The predicted molar refractivity (Wildman–Crippen MR) is 68.0 cm³/mol. The van der Waals surface area contributed by atoms with Gasteiger partial charge in [0.25, 0.3) is 0 Å². The number of halogens is 1. The van der Waals surface area contributed by atoms with Gasteiger partial charge in [-0.05, 0) is 15.9 Å². The highest BCUT2D eigenvalue weighted by atomic mass is 79.9. The van der Waals surface area contributed by atoms with Crippen LogP contribution in [0.1, 0.15) is 5.76 Å². The topological polar surface area (TPSA) is 102 Å².